The van der Waals surface area contributed by atoms with Gasteiger partial charge in [-0.25, -0.2) is 8.22 Å². The van der Waals surface area contributed by atoms with Crippen LogP contribution < -0.4 is 5.19 Å². The van der Waals surface area contributed by atoms with Crippen LogP contribution in [0.3, 0.4) is 0 Å². The summed E-state index contributed by atoms with van der Waals surface area (Å²) in [5.74, 6) is 0.132. The predicted octanol–water partition coefficient (Wildman–Crippen LogP) is 3.35. The number of rotatable bonds is 3. The monoisotopic (exact) mass is 242 g/mol. The molecular weight excluding hydrogens is 226 g/mol. The first-order valence-electron chi connectivity index (χ1n) is 5.05. The molecule has 0 aromatic heterocycles. The van der Waals surface area contributed by atoms with Gasteiger partial charge in [-0.2, -0.15) is 0 Å². The van der Waals surface area contributed by atoms with E-state index in [2.05, 4.69) is 6.58 Å². The number of halogens is 2. The maximum absolute atomic E-state index is 13.8. The van der Waals surface area contributed by atoms with Crippen molar-refractivity contribution in [1.29, 1.82) is 0 Å². The Hall–Kier alpha value is -1.16. The smallest absolute Gasteiger partial charge is 0.496 e. The molecule has 0 aliphatic rings. The Balaban J connectivity index is 2.85. The molecule has 1 rings (SSSR count). The van der Waals surface area contributed by atoms with Crippen molar-refractivity contribution in [2.75, 3.05) is 0 Å². The second-order valence-corrected chi connectivity index (χ2v) is 6.47. The number of hydrogen-bond acceptors (Lipinski definition) is 1. The minimum Gasteiger partial charge on any atom is -0.496 e. The molecular formula is C12H16F2OSi. The van der Waals surface area contributed by atoms with Gasteiger partial charge in [0.25, 0.3) is 0 Å². The number of hydrogen-bond donors (Lipinski definition) is 0. The molecule has 0 radical (unpaired) electrons. The third kappa shape index (κ3) is 3.17. The Morgan fingerprint density at radius 2 is 1.69 bits per heavy atom. The molecule has 0 atom stereocenters. The lowest BCUT2D eigenvalue weighted by molar-refractivity contribution is 0.238. The van der Waals surface area contributed by atoms with Gasteiger partial charge in [-0.05, 0) is 0 Å². The Morgan fingerprint density at radius 3 is 2.12 bits per heavy atom. The van der Waals surface area contributed by atoms with Crippen molar-refractivity contribution in [3.05, 3.63) is 42.7 Å². The van der Waals surface area contributed by atoms with Crippen LogP contribution in [-0.4, -0.2) is 8.99 Å². The SMILES string of the molecule is C=C(O[Si](F)(F)c1ccccc1)C(C)(C)C. The molecule has 0 saturated carbocycles. The molecule has 0 heterocycles. The fraction of sp³-hybridized carbons (Fsp3) is 0.333. The number of allylic oxidation sites excluding steroid dienone is 1. The molecule has 0 N–H and O–H groups in total. The van der Waals surface area contributed by atoms with E-state index in [4.69, 9.17) is 4.43 Å². The maximum atomic E-state index is 13.8. The Labute approximate surface area is 96.2 Å². The molecule has 0 spiro atoms. The quantitative estimate of drug-likeness (QED) is 0.449. The summed E-state index contributed by atoms with van der Waals surface area (Å²) in [5.41, 5.74) is -0.467. The van der Waals surface area contributed by atoms with Gasteiger partial charge in [0, 0.05) is 10.6 Å². The zero-order valence-electron chi connectivity index (χ0n) is 9.76. The van der Waals surface area contributed by atoms with Crippen molar-refractivity contribution in [2.45, 2.75) is 20.8 Å². The molecule has 0 aliphatic carbocycles. The molecule has 16 heavy (non-hydrogen) atoms. The predicted molar refractivity (Wildman–Crippen MR) is 63.7 cm³/mol. The van der Waals surface area contributed by atoms with Crippen LogP contribution in [0.25, 0.3) is 0 Å². The zero-order chi connectivity index (χ0) is 12.4. The van der Waals surface area contributed by atoms with Crippen LogP contribution in [0.4, 0.5) is 8.22 Å². The van der Waals surface area contributed by atoms with Crippen LogP contribution in [0, 0.1) is 5.41 Å². The molecule has 0 bridgehead atoms. The molecule has 1 aromatic rings. The highest BCUT2D eigenvalue weighted by molar-refractivity contribution is 6.74. The third-order valence-electron chi connectivity index (χ3n) is 2.20. The second-order valence-electron chi connectivity index (χ2n) is 4.66. The minimum absolute atomic E-state index is 0.0274. The first kappa shape index (κ1) is 12.9. The zero-order valence-corrected chi connectivity index (χ0v) is 10.8. The summed E-state index contributed by atoms with van der Waals surface area (Å²) in [5, 5.41) is -0.0274. The summed E-state index contributed by atoms with van der Waals surface area (Å²) >= 11 is 0. The molecule has 0 unspecified atom stereocenters. The molecule has 4 heteroatoms. The normalized spacial score (nSPS) is 12.3. The van der Waals surface area contributed by atoms with Crippen LogP contribution in [0.5, 0.6) is 0 Å². The average molecular weight is 242 g/mol. The summed E-state index contributed by atoms with van der Waals surface area (Å²) in [4.78, 5) is 0. The van der Waals surface area contributed by atoms with Gasteiger partial charge >= 0.3 is 8.99 Å². The highest BCUT2D eigenvalue weighted by Crippen LogP contribution is 2.28. The largest absolute Gasteiger partial charge is 0.681 e. The number of benzene rings is 1. The molecule has 0 fully saturated rings. The van der Waals surface area contributed by atoms with E-state index in [0.29, 0.717) is 0 Å². The molecule has 0 aliphatic heterocycles. The van der Waals surface area contributed by atoms with Crippen molar-refractivity contribution in [2.24, 2.45) is 5.41 Å². The Morgan fingerprint density at radius 1 is 1.19 bits per heavy atom. The van der Waals surface area contributed by atoms with E-state index in [0.717, 1.165) is 0 Å². The average Bonchev–Trinajstić information content (AvgIpc) is 2.17. The van der Waals surface area contributed by atoms with Gasteiger partial charge in [0.1, 0.15) is 0 Å². The van der Waals surface area contributed by atoms with E-state index in [1.165, 1.54) is 12.1 Å². The summed E-state index contributed by atoms with van der Waals surface area (Å²) < 4.78 is 32.4. The lowest BCUT2D eigenvalue weighted by atomic mass is 9.95. The van der Waals surface area contributed by atoms with Crippen LogP contribution in [0.15, 0.2) is 42.7 Å². The van der Waals surface area contributed by atoms with Crippen molar-refractivity contribution in [3.8, 4) is 0 Å². The molecule has 1 aromatic carbocycles. The van der Waals surface area contributed by atoms with Gasteiger partial charge in [-0.1, -0.05) is 57.7 Å². The molecule has 88 valence electrons. The summed E-state index contributed by atoms with van der Waals surface area (Å²) in [6, 6.07) is 7.65. The van der Waals surface area contributed by atoms with Gasteiger partial charge in [-0.3, -0.25) is 0 Å². The van der Waals surface area contributed by atoms with Crippen LogP contribution in [0.1, 0.15) is 20.8 Å². The lowest BCUT2D eigenvalue weighted by Crippen LogP contribution is -2.43. The highest BCUT2D eigenvalue weighted by Gasteiger charge is 2.45. The van der Waals surface area contributed by atoms with Crippen molar-refractivity contribution >= 4 is 14.2 Å². The first-order chi connectivity index (χ1) is 7.23. The topological polar surface area (TPSA) is 9.23 Å². The first-order valence-corrected chi connectivity index (χ1v) is 6.71. The molecule has 1 nitrogen and oxygen atoms in total. The van der Waals surface area contributed by atoms with E-state index in [9.17, 15) is 8.22 Å². The van der Waals surface area contributed by atoms with Crippen LogP contribution in [-0.2, 0) is 4.43 Å². The Kier molecular flexibility index (Phi) is 3.53. The van der Waals surface area contributed by atoms with Crippen molar-refractivity contribution < 1.29 is 12.6 Å². The summed E-state index contributed by atoms with van der Waals surface area (Å²) in [6.45, 7) is 8.96. The van der Waals surface area contributed by atoms with Gasteiger partial charge in [-0.15, -0.1) is 0 Å². The highest BCUT2D eigenvalue weighted by atomic mass is 28.4. The third-order valence-corrected chi connectivity index (χ3v) is 3.71. The van der Waals surface area contributed by atoms with Crippen LogP contribution >= 0.6 is 0 Å². The lowest BCUT2D eigenvalue weighted by Gasteiger charge is -2.25. The maximum Gasteiger partial charge on any atom is 0.681 e. The minimum atomic E-state index is -4.85. The van der Waals surface area contributed by atoms with Crippen molar-refractivity contribution in [1.82, 2.24) is 0 Å². The standard InChI is InChI=1S/C12H16F2OSi/c1-10(12(2,3)4)15-16(13,14)11-8-6-5-7-9-11/h5-9H,1H2,2-4H3. The second kappa shape index (κ2) is 4.37. The van der Waals surface area contributed by atoms with E-state index in [1.54, 1.807) is 39.0 Å². The van der Waals surface area contributed by atoms with Gasteiger partial charge < -0.3 is 4.43 Å². The van der Waals surface area contributed by atoms with E-state index >= 15 is 0 Å². The van der Waals surface area contributed by atoms with Crippen LogP contribution in [0.2, 0.25) is 0 Å². The Bertz CT molecular complexity index is 368. The molecule has 0 amide bonds. The molecule has 0 saturated heterocycles. The fourth-order valence-corrected chi connectivity index (χ4v) is 2.31. The summed E-state index contributed by atoms with van der Waals surface area (Å²) in [7, 11) is -4.85. The van der Waals surface area contributed by atoms with Gasteiger partial charge in [0.05, 0.1) is 5.76 Å². The van der Waals surface area contributed by atoms with E-state index in [-0.39, 0.29) is 10.9 Å². The fourth-order valence-electron chi connectivity index (χ4n) is 0.999. The van der Waals surface area contributed by atoms with E-state index in [1.807, 2.05) is 0 Å². The summed E-state index contributed by atoms with van der Waals surface area (Å²) in [6.07, 6.45) is 0. The van der Waals surface area contributed by atoms with Gasteiger partial charge in [0.15, 0.2) is 0 Å². The van der Waals surface area contributed by atoms with Crippen molar-refractivity contribution in [3.63, 3.8) is 0 Å². The van der Waals surface area contributed by atoms with Gasteiger partial charge in [0.2, 0.25) is 0 Å². The van der Waals surface area contributed by atoms with E-state index < -0.39 is 14.4 Å².